The van der Waals surface area contributed by atoms with E-state index in [9.17, 15) is 14.0 Å². The van der Waals surface area contributed by atoms with Crippen LogP contribution in [0, 0.1) is 12.7 Å². The fourth-order valence-electron chi connectivity index (χ4n) is 2.84. The molecule has 2 amide bonds. The molecule has 0 unspecified atom stereocenters. The van der Waals surface area contributed by atoms with E-state index >= 15 is 0 Å². The van der Waals surface area contributed by atoms with Crippen molar-refractivity contribution in [2.45, 2.75) is 19.9 Å². The van der Waals surface area contributed by atoms with Gasteiger partial charge in [0.25, 0.3) is 0 Å². The number of aryl methyl sites for hydroxylation is 1. The molecule has 0 saturated heterocycles. The van der Waals surface area contributed by atoms with Crippen molar-refractivity contribution in [2.24, 2.45) is 0 Å². The van der Waals surface area contributed by atoms with Crippen LogP contribution >= 0.6 is 15.9 Å². The van der Waals surface area contributed by atoms with Crippen molar-refractivity contribution in [3.63, 3.8) is 0 Å². The zero-order valence-corrected chi connectivity index (χ0v) is 20.4. The molecule has 0 radical (unpaired) electrons. The number of hydrogen-bond acceptors (Lipinski definition) is 6. The van der Waals surface area contributed by atoms with Gasteiger partial charge in [-0.05, 0) is 35.0 Å². The van der Waals surface area contributed by atoms with Crippen molar-refractivity contribution in [2.75, 3.05) is 32.1 Å². The minimum atomic E-state index is -0.618. The SMILES string of the molecule is Cc1ccc(OCCN(C)C(=O)Cn2cc(NC(=O)CCOc3c(F)cncc3Br)cn2)cc1. The van der Waals surface area contributed by atoms with Crippen LogP contribution in [-0.4, -0.2) is 58.3 Å². The van der Waals surface area contributed by atoms with Crippen LogP contribution in [0.4, 0.5) is 10.1 Å². The van der Waals surface area contributed by atoms with Gasteiger partial charge in [-0.3, -0.25) is 19.3 Å². The maximum absolute atomic E-state index is 13.7. The number of likely N-dealkylation sites (N-methyl/N-ethyl adjacent to an activating group) is 1. The van der Waals surface area contributed by atoms with Crippen molar-refractivity contribution in [1.29, 1.82) is 0 Å². The number of ether oxygens (including phenoxy) is 2. The van der Waals surface area contributed by atoms with Crippen LogP contribution in [0.2, 0.25) is 0 Å². The summed E-state index contributed by atoms with van der Waals surface area (Å²) >= 11 is 3.15. The Morgan fingerprint density at radius 2 is 1.91 bits per heavy atom. The second kappa shape index (κ2) is 12.1. The predicted molar refractivity (Wildman–Crippen MR) is 127 cm³/mol. The predicted octanol–water partition coefficient (Wildman–Crippen LogP) is 3.43. The highest BCUT2D eigenvalue weighted by Crippen LogP contribution is 2.26. The Morgan fingerprint density at radius 1 is 1.15 bits per heavy atom. The minimum absolute atomic E-state index is 0.00202. The smallest absolute Gasteiger partial charge is 0.244 e. The minimum Gasteiger partial charge on any atom is -0.492 e. The molecule has 0 saturated carbocycles. The fraction of sp³-hybridized carbons (Fsp3) is 0.304. The molecular weight excluding hydrogens is 509 g/mol. The van der Waals surface area contributed by atoms with Gasteiger partial charge in [0.15, 0.2) is 11.6 Å². The highest BCUT2D eigenvalue weighted by Gasteiger charge is 2.13. The highest BCUT2D eigenvalue weighted by atomic mass is 79.9. The van der Waals surface area contributed by atoms with Crippen LogP contribution < -0.4 is 14.8 Å². The fourth-order valence-corrected chi connectivity index (χ4v) is 3.26. The molecule has 180 valence electrons. The Hall–Kier alpha value is -3.47. The summed E-state index contributed by atoms with van der Waals surface area (Å²) in [5.41, 5.74) is 1.59. The van der Waals surface area contributed by atoms with E-state index in [1.807, 2.05) is 31.2 Å². The van der Waals surface area contributed by atoms with Crippen LogP contribution in [0.1, 0.15) is 12.0 Å². The molecule has 0 aliphatic carbocycles. The van der Waals surface area contributed by atoms with E-state index in [1.165, 1.54) is 17.1 Å². The highest BCUT2D eigenvalue weighted by molar-refractivity contribution is 9.10. The number of carbonyl (C=O) groups excluding carboxylic acids is 2. The van der Waals surface area contributed by atoms with Gasteiger partial charge in [-0.25, -0.2) is 4.39 Å². The number of nitrogens with one attached hydrogen (secondary N) is 1. The summed E-state index contributed by atoms with van der Waals surface area (Å²) in [6.45, 7) is 2.80. The first kappa shape index (κ1) is 25.2. The number of anilines is 1. The van der Waals surface area contributed by atoms with Crippen LogP contribution in [0.3, 0.4) is 0 Å². The van der Waals surface area contributed by atoms with Gasteiger partial charge < -0.3 is 19.7 Å². The summed E-state index contributed by atoms with van der Waals surface area (Å²) in [6.07, 6.45) is 5.45. The maximum Gasteiger partial charge on any atom is 0.244 e. The van der Waals surface area contributed by atoms with Crippen molar-refractivity contribution in [3.8, 4) is 11.5 Å². The van der Waals surface area contributed by atoms with Crippen molar-refractivity contribution >= 4 is 33.4 Å². The largest absolute Gasteiger partial charge is 0.492 e. The standard InChI is InChI=1S/C23H25BrFN5O4/c1-16-3-5-18(6-4-16)33-10-8-29(2)22(32)15-30-14-17(11-27-30)28-21(31)7-9-34-23-19(24)12-26-13-20(23)25/h3-6,11-14H,7-10,15H2,1-2H3,(H,28,31). The molecule has 0 aliphatic heterocycles. The van der Waals surface area contributed by atoms with E-state index < -0.39 is 5.82 Å². The molecule has 9 nitrogen and oxygen atoms in total. The van der Waals surface area contributed by atoms with E-state index in [0.717, 1.165) is 17.5 Å². The molecule has 34 heavy (non-hydrogen) atoms. The lowest BCUT2D eigenvalue weighted by Gasteiger charge is -2.17. The zero-order chi connectivity index (χ0) is 24.5. The molecule has 11 heteroatoms. The lowest BCUT2D eigenvalue weighted by molar-refractivity contribution is -0.131. The molecule has 1 aromatic carbocycles. The number of nitrogens with zero attached hydrogens (tertiary/aromatic N) is 4. The zero-order valence-electron chi connectivity index (χ0n) is 18.8. The molecule has 0 fully saturated rings. The van der Waals surface area contributed by atoms with Crippen LogP contribution in [-0.2, 0) is 16.1 Å². The van der Waals surface area contributed by atoms with Crippen LogP contribution in [0.15, 0.2) is 53.5 Å². The number of halogens is 2. The molecule has 2 heterocycles. The summed E-state index contributed by atoms with van der Waals surface area (Å²) < 4.78 is 26.5. The maximum atomic E-state index is 13.7. The Bertz CT molecular complexity index is 1100. The summed E-state index contributed by atoms with van der Waals surface area (Å²) in [7, 11) is 1.69. The summed E-state index contributed by atoms with van der Waals surface area (Å²) in [5.74, 6) is -0.341. The van der Waals surface area contributed by atoms with Gasteiger partial charge in [0.05, 0.1) is 42.1 Å². The third kappa shape index (κ3) is 7.55. The summed E-state index contributed by atoms with van der Waals surface area (Å²) in [5, 5.41) is 6.78. The average Bonchev–Trinajstić information content (AvgIpc) is 3.23. The molecule has 0 atom stereocenters. The number of amides is 2. The Balaban J connectivity index is 1.38. The third-order valence-corrected chi connectivity index (χ3v) is 5.31. The molecule has 0 aliphatic rings. The Kier molecular flexibility index (Phi) is 8.97. The first-order chi connectivity index (χ1) is 16.3. The van der Waals surface area contributed by atoms with E-state index in [4.69, 9.17) is 9.47 Å². The second-order valence-corrected chi connectivity index (χ2v) is 8.34. The van der Waals surface area contributed by atoms with Gasteiger partial charge in [-0.1, -0.05) is 17.7 Å². The molecule has 3 rings (SSSR count). The molecule has 1 N–H and O–H groups in total. The van der Waals surface area contributed by atoms with Crippen LogP contribution in [0.5, 0.6) is 11.5 Å². The average molecular weight is 534 g/mol. The van der Waals surface area contributed by atoms with Gasteiger partial charge in [0, 0.05) is 19.4 Å². The van der Waals surface area contributed by atoms with E-state index in [2.05, 4.69) is 31.3 Å². The summed E-state index contributed by atoms with van der Waals surface area (Å²) in [4.78, 5) is 29.8. The lowest BCUT2D eigenvalue weighted by atomic mass is 10.2. The van der Waals surface area contributed by atoms with Crippen molar-refractivity contribution in [1.82, 2.24) is 19.7 Å². The second-order valence-electron chi connectivity index (χ2n) is 7.48. The quantitative estimate of drug-likeness (QED) is 0.405. The third-order valence-electron chi connectivity index (χ3n) is 4.74. The normalized spacial score (nSPS) is 10.6. The van der Waals surface area contributed by atoms with Gasteiger partial charge in [0.1, 0.15) is 18.9 Å². The number of hydrogen-bond donors (Lipinski definition) is 1. The number of pyridine rings is 1. The summed E-state index contributed by atoms with van der Waals surface area (Å²) in [6, 6.07) is 7.70. The lowest BCUT2D eigenvalue weighted by Crippen LogP contribution is -2.33. The number of benzene rings is 1. The monoisotopic (exact) mass is 533 g/mol. The Morgan fingerprint density at radius 3 is 2.65 bits per heavy atom. The van der Waals surface area contributed by atoms with E-state index in [-0.39, 0.29) is 37.1 Å². The number of aromatic nitrogens is 3. The molecule has 0 spiro atoms. The van der Waals surface area contributed by atoms with Gasteiger partial charge >= 0.3 is 0 Å². The molecule has 3 aromatic rings. The Labute approximate surface area is 205 Å². The van der Waals surface area contributed by atoms with Gasteiger partial charge in [-0.15, -0.1) is 0 Å². The van der Waals surface area contributed by atoms with Gasteiger partial charge in [0.2, 0.25) is 11.8 Å². The first-order valence-corrected chi connectivity index (χ1v) is 11.3. The van der Waals surface area contributed by atoms with E-state index in [1.54, 1.807) is 18.1 Å². The molecule has 2 aromatic heterocycles. The molecule has 0 bridgehead atoms. The van der Waals surface area contributed by atoms with Crippen molar-refractivity contribution in [3.05, 3.63) is 64.9 Å². The molecular formula is C23H25BrFN5O4. The number of carbonyl (C=O) groups is 2. The van der Waals surface area contributed by atoms with Crippen LogP contribution in [0.25, 0.3) is 0 Å². The van der Waals surface area contributed by atoms with Gasteiger partial charge in [-0.2, -0.15) is 5.10 Å². The number of rotatable bonds is 11. The van der Waals surface area contributed by atoms with Crippen molar-refractivity contribution < 1.29 is 23.5 Å². The topological polar surface area (TPSA) is 98.6 Å². The van der Waals surface area contributed by atoms with E-state index in [0.29, 0.717) is 23.3 Å². The first-order valence-electron chi connectivity index (χ1n) is 10.5.